The Balaban J connectivity index is 3.04. The molecule has 0 bridgehead atoms. The monoisotopic (exact) mass is 143 g/mol. The molecule has 1 aromatic rings. The van der Waals surface area contributed by atoms with E-state index in [1.165, 1.54) is 4.68 Å². The molecule has 0 spiro atoms. The van der Waals surface area contributed by atoms with Crippen LogP contribution in [0.15, 0.2) is 9.21 Å². The molecule has 0 atom stereocenters. The second-order valence-electron chi connectivity index (χ2n) is 1.78. The highest BCUT2D eigenvalue weighted by atomic mass is 16.4. The summed E-state index contributed by atoms with van der Waals surface area (Å²) < 4.78 is 5.85. The topological polar surface area (TPSA) is 74.1 Å². The molecule has 0 saturated carbocycles. The van der Waals surface area contributed by atoms with E-state index in [2.05, 4.69) is 9.52 Å². The molecule has 0 aliphatic rings. The largest absolute Gasteiger partial charge is 0.437 e. The molecule has 0 unspecified atom stereocenters. The van der Waals surface area contributed by atoms with Crippen LogP contribution in [0.2, 0.25) is 0 Å². The lowest BCUT2D eigenvalue weighted by atomic mass is 10.7. The van der Waals surface area contributed by atoms with Crippen LogP contribution in [-0.4, -0.2) is 9.78 Å². The van der Waals surface area contributed by atoms with Gasteiger partial charge in [0.1, 0.15) is 0 Å². The Morgan fingerprint density at radius 2 is 2.50 bits per heavy atom. The minimum atomic E-state index is -0.442. The van der Waals surface area contributed by atoms with Crippen molar-refractivity contribution in [3.05, 3.63) is 16.4 Å². The van der Waals surface area contributed by atoms with Gasteiger partial charge in [0, 0.05) is 6.54 Å². The van der Waals surface area contributed by atoms with Crippen molar-refractivity contribution in [2.75, 3.05) is 0 Å². The maximum atomic E-state index is 10.7. The second kappa shape index (κ2) is 2.66. The van der Waals surface area contributed by atoms with Gasteiger partial charge in [-0.25, -0.2) is 4.79 Å². The van der Waals surface area contributed by atoms with Gasteiger partial charge in [-0.15, -0.1) is 5.10 Å². The first-order valence-corrected chi connectivity index (χ1v) is 3.04. The molecular formula is C5H9N3O2. The van der Waals surface area contributed by atoms with Gasteiger partial charge in [0.05, 0.1) is 6.54 Å². The molecular weight excluding hydrogens is 134 g/mol. The summed E-state index contributed by atoms with van der Waals surface area (Å²) in [7, 11) is 0. The molecule has 2 N–H and O–H groups in total. The average Bonchev–Trinajstić information content (AvgIpc) is 2.30. The minimum absolute atomic E-state index is 0.169. The first kappa shape index (κ1) is 7.01. The zero-order valence-corrected chi connectivity index (χ0v) is 5.70. The van der Waals surface area contributed by atoms with E-state index < -0.39 is 5.76 Å². The molecule has 56 valence electrons. The zero-order chi connectivity index (χ0) is 7.56. The third-order valence-electron chi connectivity index (χ3n) is 1.12. The van der Waals surface area contributed by atoms with Crippen LogP contribution in [0, 0.1) is 0 Å². The zero-order valence-electron chi connectivity index (χ0n) is 5.70. The number of aromatic nitrogens is 2. The van der Waals surface area contributed by atoms with E-state index in [1.54, 1.807) is 0 Å². The quantitative estimate of drug-likeness (QED) is 0.595. The highest BCUT2D eigenvalue weighted by Gasteiger charge is 2.02. The summed E-state index contributed by atoms with van der Waals surface area (Å²) in [4.78, 5) is 10.7. The van der Waals surface area contributed by atoms with Crippen molar-refractivity contribution in [1.29, 1.82) is 0 Å². The minimum Gasteiger partial charge on any atom is -0.391 e. The lowest BCUT2D eigenvalue weighted by Gasteiger charge is -1.84. The molecule has 1 heterocycles. The SMILES string of the molecule is CCn1nc(CN)oc1=O. The predicted octanol–water partition coefficient (Wildman–Crippen LogP) is -0.685. The van der Waals surface area contributed by atoms with Crippen molar-refractivity contribution in [3.8, 4) is 0 Å². The van der Waals surface area contributed by atoms with E-state index in [0.717, 1.165) is 0 Å². The van der Waals surface area contributed by atoms with Gasteiger partial charge in [0.25, 0.3) is 0 Å². The molecule has 0 aliphatic carbocycles. The Morgan fingerprint density at radius 3 is 2.80 bits per heavy atom. The fourth-order valence-corrected chi connectivity index (χ4v) is 0.632. The van der Waals surface area contributed by atoms with E-state index in [-0.39, 0.29) is 12.4 Å². The van der Waals surface area contributed by atoms with Crippen LogP contribution >= 0.6 is 0 Å². The van der Waals surface area contributed by atoms with Crippen molar-refractivity contribution in [2.45, 2.75) is 20.0 Å². The van der Waals surface area contributed by atoms with Crippen molar-refractivity contribution in [2.24, 2.45) is 5.73 Å². The van der Waals surface area contributed by atoms with E-state index in [1.807, 2.05) is 6.92 Å². The third kappa shape index (κ3) is 1.08. The molecule has 0 aliphatic heterocycles. The van der Waals surface area contributed by atoms with Gasteiger partial charge >= 0.3 is 5.76 Å². The van der Waals surface area contributed by atoms with Crippen molar-refractivity contribution >= 4 is 0 Å². The van der Waals surface area contributed by atoms with Gasteiger partial charge in [0.2, 0.25) is 5.89 Å². The first-order chi connectivity index (χ1) is 4.77. The fourth-order valence-electron chi connectivity index (χ4n) is 0.632. The van der Waals surface area contributed by atoms with Crippen LogP contribution in [0.3, 0.4) is 0 Å². The molecule has 0 saturated heterocycles. The lowest BCUT2D eigenvalue weighted by molar-refractivity contribution is 0.450. The van der Waals surface area contributed by atoms with Crippen LogP contribution in [0.4, 0.5) is 0 Å². The van der Waals surface area contributed by atoms with E-state index in [0.29, 0.717) is 6.54 Å². The molecule has 5 nitrogen and oxygen atoms in total. The summed E-state index contributed by atoms with van der Waals surface area (Å²) in [5.41, 5.74) is 5.18. The Bertz CT molecular complexity index is 262. The standard InChI is InChI=1S/C5H9N3O2/c1-2-8-5(9)10-4(3-6)7-8/h2-3,6H2,1H3. The van der Waals surface area contributed by atoms with Crippen LogP contribution in [0.25, 0.3) is 0 Å². The summed E-state index contributed by atoms with van der Waals surface area (Å²) in [6.45, 7) is 2.49. The highest BCUT2D eigenvalue weighted by Crippen LogP contribution is 1.85. The molecule has 1 rings (SSSR count). The van der Waals surface area contributed by atoms with E-state index >= 15 is 0 Å². The van der Waals surface area contributed by atoms with E-state index in [4.69, 9.17) is 5.73 Å². The smallest absolute Gasteiger partial charge is 0.391 e. The van der Waals surface area contributed by atoms with Crippen molar-refractivity contribution in [1.82, 2.24) is 9.78 Å². The number of nitrogens with two attached hydrogens (primary N) is 1. The Morgan fingerprint density at radius 1 is 1.80 bits per heavy atom. The van der Waals surface area contributed by atoms with Gasteiger partial charge in [-0.1, -0.05) is 0 Å². The summed E-state index contributed by atoms with van der Waals surface area (Å²) in [6, 6.07) is 0. The van der Waals surface area contributed by atoms with Gasteiger partial charge in [0.15, 0.2) is 0 Å². The van der Waals surface area contributed by atoms with Crippen LogP contribution in [-0.2, 0) is 13.1 Å². The molecule has 0 fully saturated rings. The van der Waals surface area contributed by atoms with Crippen molar-refractivity contribution in [3.63, 3.8) is 0 Å². The molecule has 1 aromatic heterocycles. The summed E-state index contributed by atoms with van der Waals surface area (Å²) in [5.74, 6) is -0.158. The molecule has 0 amide bonds. The van der Waals surface area contributed by atoms with Crippen LogP contribution in [0.5, 0.6) is 0 Å². The first-order valence-electron chi connectivity index (χ1n) is 3.04. The third-order valence-corrected chi connectivity index (χ3v) is 1.12. The van der Waals surface area contributed by atoms with Gasteiger partial charge in [-0.05, 0) is 6.92 Å². The van der Waals surface area contributed by atoms with Crippen LogP contribution in [0.1, 0.15) is 12.8 Å². The molecule has 0 radical (unpaired) electrons. The molecule has 0 aromatic carbocycles. The Hall–Kier alpha value is -1.10. The van der Waals surface area contributed by atoms with Gasteiger partial charge in [-0.3, -0.25) is 0 Å². The lowest BCUT2D eigenvalue weighted by Crippen LogP contribution is -2.13. The maximum absolute atomic E-state index is 10.7. The Kier molecular flexibility index (Phi) is 1.86. The Labute approximate surface area is 57.4 Å². The number of hydrogen-bond donors (Lipinski definition) is 1. The number of hydrogen-bond acceptors (Lipinski definition) is 4. The summed E-state index contributed by atoms with van der Waals surface area (Å²) in [5, 5.41) is 3.76. The predicted molar refractivity (Wildman–Crippen MR) is 34.3 cm³/mol. The van der Waals surface area contributed by atoms with Crippen molar-refractivity contribution < 1.29 is 4.42 Å². The van der Waals surface area contributed by atoms with E-state index in [9.17, 15) is 4.79 Å². The fraction of sp³-hybridized carbons (Fsp3) is 0.600. The second-order valence-corrected chi connectivity index (χ2v) is 1.78. The van der Waals surface area contributed by atoms with Gasteiger partial charge < -0.3 is 10.2 Å². The maximum Gasteiger partial charge on any atom is 0.437 e. The summed E-state index contributed by atoms with van der Waals surface area (Å²) >= 11 is 0. The summed E-state index contributed by atoms with van der Waals surface area (Å²) in [6.07, 6.45) is 0. The number of aryl methyl sites for hydroxylation is 1. The molecule has 10 heavy (non-hydrogen) atoms. The number of rotatable bonds is 2. The van der Waals surface area contributed by atoms with Crippen LogP contribution < -0.4 is 11.5 Å². The number of nitrogens with zero attached hydrogens (tertiary/aromatic N) is 2. The highest BCUT2D eigenvalue weighted by molar-refractivity contribution is 4.71. The molecule has 5 heteroatoms. The van der Waals surface area contributed by atoms with Gasteiger partial charge in [-0.2, -0.15) is 4.68 Å². The average molecular weight is 143 g/mol. The normalized spacial score (nSPS) is 10.2.